The van der Waals surface area contributed by atoms with Crippen molar-refractivity contribution in [1.29, 1.82) is 0 Å². The molecule has 4 N–H and O–H groups in total. The quantitative estimate of drug-likeness (QED) is 0.151. The van der Waals surface area contributed by atoms with Gasteiger partial charge in [-0.2, -0.15) is 0 Å². The van der Waals surface area contributed by atoms with Gasteiger partial charge in [0, 0.05) is 57.8 Å². The van der Waals surface area contributed by atoms with Gasteiger partial charge in [-0.1, -0.05) is 6.58 Å². The highest BCUT2D eigenvalue weighted by atomic mass is 16.2. The fourth-order valence-electron chi connectivity index (χ4n) is 2.73. The molecule has 0 fully saturated rings. The molecule has 2 aliphatic rings. The SMILES string of the molecule is C=C(NC(C)=O)C(NC(C)=O)C(=O)NCCNC(=O)CCN1C(=O)C=CC1=O.O=C1C=CC(=O)C1. The Kier molecular flexibility index (Phi) is 11.4. The fraction of sp³-hybridized carbons (Fsp3) is 0.364. The lowest BCUT2D eigenvalue weighted by Crippen LogP contribution is -2.51. The Balaban J connectivity index is 0.000000744. The molecule has 2 rings (SSSR count). The normalized spacial score (nSPS) is 14.7. The molecule has 1 aliphatic heterocycles. The summed E-state index contributed by atoms with van der Waals surface area (Å²) in [4.78, 5) is 90.2. The third-order valence-electron chi connectivity index (χ3n) is 4.31. The van der Waals surface area contributed by atoms with Gasteiger partial charge in [-0.3, -0.25) is 43.3 Å². The molecule has 0 radical (unpaired) electrons. The minimum absolute atomic E-state index is 0.0118. The summed E-state index contributed by atoms with van der Waals surface area (Å²) >= 11 is 0. The van der Waals surface area contributed by atoms with Gasteiger partial charge < -0.3 is 21.3 Å². The molecule has 1 heterocycles. The molecule has 0 aromatic heterocycles. The van der Waals surface area contributed by atoms with Gasteiger partial charge in [0.05, 0.1) is 6.42 Å². The van der Waals surface area contributed by atoms with Crippen LogP contribution < -0.4 is 21.3 Å². The van der Waals surface area contributed by atoms with Gasteiger partial charge in [-0.05, 0) is 12.2 Å². The van der Waals surface area contributed by atoms with Crippen LogP contribution in [0.2, 0.25) is 0 Å². The van der Waals surface area contributed by atoms with Crippen LogP contribution >= 0.6 is 0 Å². The molecule has 188 valence electrons. The van der Waals surface area contributed by atoms with Gasteiger partial charge in [0.15, 0.2) is 11.6 Å². The molecule has 35 heavy (non-hydrogen) atoms. The lowest BCUT2D eigenvalue weighted by Gasteiger charge is -2.20. The van der Waals surface area contributed by atoms with Gasteiger partial charge in [-0.25, -0.2) is 0 Å². The third-order valence-corrected chi connectivity index (χ3v) is 4.31. The molecule has 0 saturated heterocycles. The molecular formula is C22H27N5O8. The first-order chi connectivity index (χ1) is 16.4. The van der Waals surface area contributed by atoms with Crippen LogP contribution in [0.4, 0.5) is 0 Å². The highest BCUT2D eigenvalue weighted by Crippen LogP contribution is 2.04. The Morgan fingerprint density at radius 1 is 0.886 bits per heavy atom. The van der Waals surface area contributed by atoms with Crippen LogP contribution in [0.1, 0.15) is 26.7 Å². The molecule has 1 aliphatic carbocycles. The van der Waals surface area contributed by atoms with E-state index < -0.39 is 41.5 Å². The van der Waals surface area contributed by atoms with E-state index in [0.717, 1.165) is 17.1 Å². The van der Waals surface area contributed by atoms with Crippen LogP contribution in [0.5, 0.6) is 0 Å². The summed E-state index contributed by atoms with van der Waals surface area (Å²) < 4.78 is 0. The number of allylic oxidation sites excluding steroid dienone is 2. The number of imide groups is 1. The molecule has 6 amide bonds. The van der Waals surface area contributed by atoms with Crippen LogP contribution in [-0.2, 0) is 38.4 Å². The van der Waals surface area contributed by atoms with E-state index in [1.807, 2.05) is 0 Å². The second kappa shape index (κ2) is 14.0. The van der Waals surface area contributed by atoms with E-state index in [9.17, 15) is 38.4 Å². The molecule has 13 nitrogen and oxygen atoms in total. The van der Waals surface area contributed by atoms with Crippen molar-refractivity contribution < 1.29 is 38.4 Å². The summed E-state index contributed by atoms with van der Waals surface area (Å²) in [6.45, 7) is 6.11. The molecule has 0 bridgehead atoms. The Bertz CT molecular complexity index is 964. The topological polar surface area (TPSA) is 188 Å². The second-order valence-electron chi connectivity index (χ2n) is 7.34. The highest BCUT2D eigenvalue weighted by molar-refractivity contribution is 6.16. The van der Waals surface area contributed by atoms with Crippen LogP contribution in [0.3, 0.4) is 0 Å². The van der Waals surface area contributed by atoms with Crippen molar-refractivity contribution in [2.45, 2.75) is 32.7 Å². The standard InChI is InChI=1S/C17H23N5O6.C5H4O2/c1-10(20-11(2)23)16(21-12(3)24)17(28)19-8-7-18-13(25)6-9-22-14(26)4-5-15(22)27;6-4-1-2-5(7)3-4/h4-5,16H,1,6-9H2,2-3H3,(H,18,25)(H,19,28)(H,20,23)(H,21,24);1-2H,3H2. The molecule has 1 unspecified atom stereocenters. The zero-order valence-corrected chi connectivity index (χ0v) is 19.3. The van der Waals surface area contributed by atoms with Crippen LogP contribution in [-0.4, -0.2) is 77.6 Å². The Morgan fingerprint density at radius 3 is 1.89 bits per heavy atom. The lowest BCUT2D eigenvalue weighted by atomic mass is 10.2. The van der Waals surface area contributed by atoms with E-state index in [0.29, 0.717) is 0 Å². The number of hydrogen-bond donors (Lipinski definition) is 4. The Morgan fingerprint density at radius 2 is 1.43 bits per heavy atom. The van der Waals surface area contributed by atoms with Gasteiger partial charge in [-0.15, -0.1) is 0 Å². The minimum atomic E-state index is -1.16. The minimum Gasteiger partial charge on any atom is -0.354 e. The zero-order chi connectivity index (χ0) is 26.5. The first-order valence-electron chi connectivity index (χ1n) is 10.5. The second-order valence-corrected chi connectivity index (χ2v) is 7.34. The van der Waals surface area contributed by atoms with Gasteiger partial charge in [0.1, 0.15) is 6.04 Å². The third kappa shape index (κ3) is 10.8. The number of carbonyl (C=O) groups is 8. The van der Waals surface area contributed by atoms with E-state index in [1.54, 1.807) is 0 Å². The molecule has 1 atom stereocenters. The number of hydrogen-bond acceptors (Lipinski definition) is 8. The summed E-state index contributed by atoms with van der Waals surface area (Å²) in [5, 5.41) is 9.74. The number of carbonyl (C=O) groups excluding carboxylic acids is 8. The van der Waals surface area contributed by atoms with Gasteiger partial charge in [0.25, 0.3) is 11.8 Å². The average molecular weight is 489 g/mol. The van der Waals surface area contributed by atoms with Crippen molar-refractivity contribution in [3.63, 3.8) is 0 Å². The molecule has 0 aromatic rings. The number of nitrogens with one attached hydrogen (secondary N) is 4. The van der Waals surface area contributed by atoms with Gasteiger partial charge in [0.2, 0.25) is 23.6 Å². The van der Waals surface area contributed by atoms with E-state index in [-0.39, 0.29) is 49.7 Å². The van der Waals surface area contributed by atoms with Crippen molar-refractivity contribution in [3.05, 3.63) is 36.6 Å². The summed E-state index contributed by atoms with van der Waals surface area (Å²) in [7, 11) is 0. The Hall–Kier alpha value is -4.42. The first kappa shape index (κ1) is 28.6. The smallest absolute Gasteiger partial charge is 0.253 e. The maximum absolute atomic E-state index is 12.2. The first-order valence-corrected chi connectivity index (χ1v) is 10.5. The van der Waals surface area contributed by atoms with E-state index in [4.69, 9.17) is 0 Å². The van der Waals surface area contributed by atoms with E-state index >= 15 is 0 Å². The van der Waals surface area contributed by atoms with Gasteiger partial charge >= 0.3 is 0 Å². The number of rotatable bonds is 10. The molecule has 0 spiro atoms. The van der Waals surface area contributed by atoms with Crippen LogP contribution in [0.15, 0.2) is 36.6 Å². The summed E-state index contributed by atoms with van der Waals surface area (Å²) in [6.07, 6.45) is 4.90. The number of amides is 6. The maximum atomic E-state index is 12.2. The van der Waals surface area contributed by atoms with Crippen molar-refractivity contribution in [2.75, 3.05) is 19.6 Å². The van der Waals surface area contributed by atoms with Crippen LogP contribution in [0.25, 0.3) is 0 Å². The zero-order valence-electron chi connectivity index (χ0n) is 19.3. The molecule has 0 saturated carbocycles. The lowest BCUT2D eigenvalue weighted by molar-refractivity contribution is -0.137. The monoisotopic (exact) mass is 489 g/mol. The van der Waals surface area contributed by atoms with Crippen molar-refractivity contribution in [2.24, 2.45) is 0 Å². The van der Waals surface area contributed by atoms with Crippen molar-refractivity contribution in [3.8, 4) is 0 Å². The molecule has 13 heteroatoms. The van der Waals surface area contributed by atoms with Crippen LogP contribution in [0, 0.1) is 0 Å². The van der Waals surface area contributed by atoms with Crippen molar-refractivity contribution in [1.82, 2.24) is 26.2 Å². The van der Waals surface area contributed by atoms with E-state index in [2.05, 4.69) is 27.8 Å². The predicted octanol–water partition coefficient (Wildman–Crippen LogP) is -2.23. The summed E-state index contributed by atoms with van der Waals surface area (Å²) in [5.41, 5.74) is 0.0118. The molecule has 0 aromatic carbocycles. The summed E-state index contributed by atoms with van der Waals surface area (Å²) in [5.74, 6) is -3.02. The predicted molar refractivity (Wildman–Crippen MR) is 121 cm³/mol. The Labute approximate surface area is 201 Å². The molecular weight excluding hydrogens is 462 g/mol. The highest BCUT2D eigenvalue weighted by Gasteiger charge is 2.24. The largest absolute Gasteiger partial charge is 0.354 e. The number of ketones is 2. The van der Waals surface area contributed by atoms with Crippen molar-refractivity contribution >= 4 is 47.0 Å². The summed E-state index contributed by atoms with van der Waals surface area (Å²) in [6, 6.07) is -1.16. The average Bonchev–Trinajstić information content (AvgIpc) is 3.30. The maximum Gasteiger partial charge on any atom is 0.253 e. The number of nitrogens with zero attached hydrogens (tertiary/aromatic N) is 1. The van der Waals surface area contributed by atoms with E-state index in [1.165, 1.54) is 26.0 Å². The fourth-order valence-corrected chi connectivity index (χ4v) is 2.73.